The predicted molar refractivity (Wildman–Crippen MR) is 61.3 cm³/mol. The third-order valence-electron chi connectivity index (χ3n) is 2.50. The zero-order valence-corrected chi connectivity index (χ0v) is 10.1. The van der Waals surface area contributed by atoms with E-state index in [1.165, 1.54) is 0 Å². The molecule has 0 aromatic heterocycles. The molecule has 0 saturated carbocycles. The van der Waals surface area contributed by atoms with Crippen LogP contribution in [-0.2, 0) is 14.3 Å². The molecule has 5 nitrogen and oxygen atoms in total. The van der Waals surface area contributed by atoms with E-state index in [4.69, 9.17) is 9.47 Å². The summed E-state index contributed by atoms with van der Waals surface area (Å²) in [7, 11) is 1.64. The van der Waals surface area contributed by atoms with Gasteiger partial charge in [0.15, 0.2) is 0 Å². The van der Waals surface area contributed by atoms with Gasteiger partial charge < -0.3 is 20.1 Å². The Morgan fingerprint density at radius 1 is 1.56 bits per heavy atom. The first kappa shape index (κ1) is 13.4. The smallest absolute Gasteiger partial charge is 0.219 e. The van der Waals surface area contributed by atoms with Crippen molar-refractivity contribution < 1.29 is 14.3 Å². The van der Waals surface area contributed by atoms with E-state index < -0.39 is 0 Å². The van der Waals surface area contributed by atoms with Crippen LogP contribution in [0.2, 0.25) is 0 Å². The Morgan fingerprint density at radius 2 is 2.38 bits per heavy atom. The summed E-state index contributed by atoms with van der Waals surface area (Å²) < 4.78 is 11.1. The highest BCUT2D eigenvalue weighted by Gasteiger charge is 2.18. The van der Waals surface area contributed by atoms with Crippen LogP contribution in [0.5, 0.6) is 0 Å². The maximum atomic E-state index is 10.9. The van der Waals surface area contributed by atoms with Gasteiger partial charge in [0.1, 0.15) is 0 Å². The van der Waals surface area contributed by atoms with Crippen LogP contribution in [-0.4, -0.2) is 51.5 Å². The van der Waals surface area contributed by atoms with Gasteiger partial charge in [-0.1, -0.05) is 0 Å². The van der Waals surface area contributed by atoms with Crippen LogP contribution in [0, 0.1) is 0 Å². The van der Waals surface area contributed by atoms with Gasteiger partial charge in [0, 0.05) is 33.2 Å². The quantitative estimate of drug-likeness (QED) is 0.626. The molecule has 2 atom stereocenters. The maximum absolute atomic E-state index is 10.9. The summed E-state index contributed by atoms with van der Waals surface area (Å²) in [5, 5.41) is 5.87. The molecule has 0 radical (unpaired) electrons. The van der Waals surface area contributed by atoms with Crippen LogP contribution in [0.25, 0.3) is 0 Å². The first-order valence-electron chi connectivity index (χ1n) is 5.87. The van der Waals surface area contributed by atoms with Crippen LogP contribution in [0.15, 0.2) is 0 Å². The highest BCUT2D eigenvalue weighted by atomic mass is 16.5. The van der Waals surface area contributed by atoms with Crippen molar-refractivity contribution in [1.82, 2.24) is 10.6 Å². The van der Waals surface area contributed by atoms with Gasteiger partial charge in [-0.2, -0.15) is 0 Å². The minimum absolute atomic E-state index is 0.0628. The number of rotatable bonds is 6. The third-order valence-corrected chi connectivity index (χ3v) is 2.50. The van der Waals surface area contributed by atoms with Gasteiger partial charge in [-0.3, -0.25) is 4.79 Å². The number of ether oxygens (including phenoxy) is 2. The van der Waals surface area contributed by atoms with Crippen molar-refractivity contribution in [2.45, 2.75) is 32.0 Å². The van der Waals surface area contributed by atoms with Gasteiger partial charge in [-0.25, -0.2) is 0 Å². The number of carbonyl (C=O) groups excluding carboxylic acids is 1. The Morgan fingerprint density at radius 3 is 3.06 bits per heavy atom. The summed E-state index contributed by atoms with van der Waals surface area (Å²) in [6.45, 7) is 5.02. The standard InChI is InChI=1S/C11H22N2O3/c1-9-6-13-7-10(16-9)8-15-5-3-4-11(14)12-2/h9-10,13H,3-8H2,1-2H3,(H,12,14). The van der Waals surface area contributed by atoms with E-state index in [2.05, 4.69) is 10.6 Å². The van der Waals surface area contributed by atoms with E-state index in [9.17, 15) is 4.79 Å². The molecule has 0 aromatic rings. The molecule has 1 rings (SSSR count). The van der Waals surface area contributed by atoms with Crippen LogP contribution < -0.4 is 10.6 Å². The molecule has 1 heterocycles. The Bertz CT molecular complexity index is 211. The summed E-state index contributed by atoms with van der Waals surface area (Å²) in [5.74, 6) is 0.0628. The molecule has 2 unspecified atom stereocenters. The molecular formula is C11H22N2O3. The summed E-state index contributed by atoms with van der Waals surface area (Å²) in [6.07, 6.45) is 1.68. The van der Waals surface area contributed by atoms with E-state index in [1.54, 1.807) is 7.05 Å². The van der Waals surface area contributed by atoms with Crippen LogP contribution in [0.1, 0.15) is 19.8 Å². The summed E-state index contributed by atoms with van der Waals surface area (Å²) >= 11 is 0. The van der Waals surface area contributed by atoms with Gasteiger partial charge in [-0.15, -0.1) is 0 Å². The average Bonchev–Trinajstić information content (AvgIpc) is 2.28. The lowest BCUT2D eigenvalue weighted by Crippen LogP contribution is -2.45. The van der Waals surface area contributed by atoms with Crippen molar-refractivity contribution in [1.29, 1.82) is 0 Å². The average molecular weight is 230 g/mol. The highest BCUT2D eigenvalue weighted by Crippen LogP contribution is 2.03. The molecular weight excluding hydrogens is 208 g/mol. The normalized spacial score (nSPS) is 25.4. The van der Waals surface area contributed by atoms with E-state index >= 15 is 0 Å². The van der Waals surface area contributed by atoms with Gasteiger partial charge in [0.25, 0.3) is 0 Å². The zero-order chi connectivity index (χ0) is 11.8. The fraction of sp³-hybridized carbons (Fsp3) is 0.909. The third kappa shape index (κ3) is 5.44. The molecule has 0 bridgehead atoms. The highest BCUT2D eigenvalue weighted by molar-refractivity contribution is 5.75. The number of morpholine rings is 1. The van der Waals surface area contributed by atoms with Gasteiger partial charge in [-0.05, 0) is 13.3 Å². The lowest BCUT2D eigenvalue weighted by Gasteiger charge is -2.28. The van der Waals surface area contributed by atoms with E-state index in [-0.39, 0.29) is 18.1 Å². The second-order valence-corrected chi connectivity index (χ2v) is 4.08. The van der Waals surface area contributed by atoms with Crippen molar-refractivity contribution >= 4 is 5.91 Å². The Labute approximate surface area is 96.9 Å². The van der Waals surface area contributed by atoms with Crippen LogP contribution in [0.3, 0.4) is 0 Å². The first-order valence-corrected chi connectivity index (χ1v) is 5.87. The van der Waals surface area contributed by atoms with Crippen molar-refractivity contribution in [3.05, 3.63) is 0 Å². The molecule has 94 valence electrons. The number of hydrogen-bond acceptors (Lipinski definition) is 4. The summed E-state index contributed by atoms with van der Waals surface area (Å²) in [6, 6.07) is 0. The van der Waals surface area contributed by atoms with Crippen molar-refractivity contribution in [2.24, 2.45) is 0 Å². The summed E-state index contributed by atoms with van der Waals surface area (Å²) in [4.78, 5) is 10.9. The SMILES string of the molecule is CNC(=O)CCCOCC1CNCC(C)O1. The molecule has 1 fully saturated rings. The number of amides is 1. The molecule has 0 aliphatic carbocycles. The summed E-state index contributed by atoms with van der Waals surface area (Å²) in [5.41, 5.74) is 0. The minimum Gasteiger partial charge on any atom is -0.379 e. The zero-order valence-electron chi connectivity index (χ0n) is 10.1. The fourth-order valence-electron chi connectivity index (χ4n) is 1.65. The second kappa shape index (κ2) is 7.60. The largest absolute Gasteiger partial charge is 0.379 e. The number of hydrogen-bond donors (Lipinski definition) is 2. The number of nitrogens with one attached hydrogen (secondary N) is 2. The first-order chi connectivity index (χ1) is 7.72. The van der Waals surface area contributed by atoms with E-state index in [1.807, 2.05) is 6.92 Å². The molecule has 0 spiro atoms. The Balaban J connectivity index is 1.96. The Kier molecular flexibility index (Phi) is 6.37. The van der Waals surface area contributed by atoms with Gasteiger partial charge in [0.05, 0.1) is 18.8 Å². The van der Waals surface area contributed by atoms with Gasteiger partial charge >= 0.3 is 0 Å². The van der Waals surface area contributed by atoms with Crippen molar-refractivity contribution in [3.63, 3.8) is 0 Å². The Hall–Kier alpha value is -0.650. The topological polar surface area (TPSA) is 59.6 Å². The predicted octanol–water partition coefficient (Wildman–Crippen LogP) is -0.0939. The molecule has 1 aliphatic heterocycles. The van der Waals surface area contributed by atoms with E-state index in [0.717, 1.165) is 19.5 Å². The number of carbonyl (C=O) groups is 1. The molecule has 1 amide bonds. The molecule has 2 N–H and O–H groups in total. The van der Waals surface area contributed by atoms with E-state index in [0.29, 0.717) is 19.6 Å². The van der Waals surface area contributed by atoms with Crippen molar-refractivity contribution in [2.75, 3.05) is 33.4 Å². The van der Waals surface area contributed by atoms with Crippen molar-refractivity contribution in [3.8, 4) is 0 Å². The maximum Gasteiger partial charge on any atom is 0.219 e. The van der Waals surface area contributed by atoms with Crippen LogP contribution >= 0.6 is 0 Å². The lowest BCUT2D eigenvalue weighted by molar-refractivity contribution is -0.121. The monoisotopic (exact) mass is 230 g/mol. The lowest BCUT2D eigenvalue weighted by atomic mass is 10.2. The molecule has 16 heavy (non-hydrogen) atoms. The molecule has 1 saturated heterocycles. The second-order valence-electron chi connectivity index (χ2n) is 4.08. The molecule has 1 aliphatic rings. The fourth-order valence-corrected chi connectivity index (χ4v) is 1.65. The van der Waals surface area contributed by atoms with Crippen LogP contribution in [0.4, 0.5) is 0 Å². The molecule has 5 heteroatoms. The minimum atomic E-state index is 0.0628. The van der Waals surface area contributed by atoms with Gasteiger partial charge in [0.2, 0.25) is 5.91 Å². The molecule has 0 aromatic carbocycles.